The van der Waals surface area contributed by atoms with Crippen molar-refractivity contribution in [2.24, 2.45) is 5.41 Å². The zero-order chi connectivity index (χ0) is 44.3. The third-order valence-corrected chi connectivity index (χ3v) is 12.8. The fourth-order valence-electron chi connectivity index (χ4n) is 8.77. The van der Waals surface area contributed by atoms with E-state index in [1.807, 2.05) is 12.3 Å². The van der Waals surface area contributed by atoms with E-state index < -0.39 is 0 Å². The molecule has 64 heavy (non-hydrogen) atoms. The Morgan fingerprint density at radius 3 is 1.80 bits per heavy atom. The Balaban J connectivity index is 0.00000560. The molecule has 0 fully saturated rings. The SMILES string of the molecule is CC(C)(C)C1=CN(c2[c-]c(Oc3[c-]c4c(cc3)c3ccccc3n4-c3cc(C(C)(C)c4ccccc4)ccn3)cc(C(C)(C)c3ccccc3)c2)[CH-]N1c1ccc(C(C)(C)C)cc1.[Pt]. The molecule has 0 saturated heterocycles. The number of hydrogen-bond acceptors (Lipinski definition) is 4. The summed E-state index contributed by atoms with van der Waals surface area (Å²) in [5.74, 6) is 2.04. The van der Waals surface area contributed by atoms with Gasteiger partial charge in [0.2, 0.25) is 0 Å². The molecule has 8 aromatic rings. The van der Waals surface area contributed by atoms with Gasteiger partial charge in [0.25, 0.3) is 0 Å². The fraction of sp³-hybridized carbons (Fsp3) is 0.241. The molecule has 9 rings (SSSR count). The van der Waals surface area contributed by atoms with E-state index in [4.69, 9.17) is 9.72 Å². The van der Waals surface area contributed by atoms with Crippen molar-refractivity contribution < 1.29 is 25.8 Å². The summed E-state index contributed by atoms with van der Waals surface area (Å²) in [5.41, 5.74) is 10.6. The van der Waals surface area contributed by atoms with Gasteiger partial charge in [-0.2, -0.15) is 6.07 Å². The van der Waals surface area contributed by atoms with Crippen molar-refractivity contribution in [2.75, 3.05) is 9.80 Å². The van der Waals surface area contributed by atoms with Crippen LogP contribution in [0, 0.1) is 24.2 Å². The van der Waals surface area contributed by atoms with Gasteiger partial charge >= 0.3 is 0 Å². The molecule has 5 nitrogen and oxygen atoms in total. The molecule has 0 spiro atoms. The van der Waals surface area contributed by atoms with E-state index in [9.17, 15) is 0 Å². The van der Waals surface area contributed by atoms with Gasteiger partial charge in [-0.3, -0.25) is 0 Å². The van der Waals surface area contributed by atoms with Crippen LogP contribution in [0.1, 0.15) is 97.1 Å². The third-order valence-electron chi connectivity index (χ3n) is 12.8. The molecule has 0 bridgehead atoms. The van der Waals surface area contributed by atoms with Gasteiger partial charge in [0, 0.05) is 66.5 Å². The zero-order valence-electron chi connectivity index (χ0n) is 38.6. The van der Waals surface area contributed by atoms with Gasteiger partial charge in [-0.1, -0.05) is 166 Å². The van der Waals surface area contributed by atoms with E-state index in [2.05, 4.69) is 248 Å². The average Bonchev–Trinajstić information content (AvgIpc) is 3.88. The van der Waals surface area contributed by atoms with Crippen molar-refractivity contribution in [1.29, 1.82) is 0 Å². The van der Waals surface area contributed by atoms with Crippen molar-refractivity contribution in [3.8, 4) is 17.3 Å². The number of pyridine rings is 1. The molecule has 2 aromatic heterocycles. The van der Waals surface area contributed by atoms with Crippen LogP contribution >= 0.6 is 0 Å². The van der Waals surface area contributed by atoms with Crippen molar-refractivity contribution in [3.63, 3.8) is 0 Å². The summed E-state index contributed by atoms with van der Waals surface area (Å²) in [6, 6.07) is 59.1. The van der Waals surface area contributed by atoms with Crippen LogP contribution < -0.4 is 14.5 Å². The Bertz CT molecular complexity index is 2970. The minimum absolute atomic E-state index is 0. The second kappa shape index (κ2) is 16.9. The minimum Gasteiger partial charge on any atom is -0.509 e. The van der Waals surface area contributed by atoms with Crippen LogP contribution in [-0.2, 0) is 37.3 Å². The quantitative estimate of drug-likeness (QED) is 0.135. The summed E-state index contributed by atoms with van der Waals surface area (Å²) < 4.78 is 9.13. The molecule has 0 N–H and O–H groups in total. The van der Waals surface area contributed by atoms with Crippen molar-refractivity contribution >= 4 is 33.2 Å². The number of anilines is 2. The molecule has 1 aliphatic rings. The molecule has 0 saturated carbocycles. The molecule has 3 heterocycles. The third kappa shape index (κ3) is 8.43. The van der Waals surface area contributed by atoms with Crippen LogP contribution in [0.3, 0.4) is 0 Å². The summed E-state index contributed by atoms with van der Waals surface area (Å²) in [6.07, 6.45) is 4.16. The summed E-state index contributed by atoms with van der Waals surface area (Å²) in [4.78, 5) is 9.47. The largest absolute Gasteiger partial charge is 0.509 e. The molecule has 6 heteroatoms. The van der Waals surface area contributed by atoms with Crippen molar-refractivity contribution in [2.45, 2.75) is 85.5 Å². The number of hydrogen-bond donors (Lipinski definition) is 0. The van der Waals surface area contributed by atoms with Gasteiger partial charge in [0.05, 0.1) is 0 Å². The topological polar surface area (TPSA) is 33.5 Å². The van der Waals surface area contributed by atoms with Gasteiger partial charge in [-0.05, 0) is 75.0 Å². The van der Waals surface area contributed by atoms with Gasteiger partial charge in [0.15, 0.2) is 0 Å². The van der Waals surface area contributed by atoms with Gasteiger partial charge in [-0.25, -0.2) is 4.98 Å². The standard InChI is InChI=1S/C58H57N4O.Pt/c1-55(2,3)40-25-27-45(28-26-40)61-39-60(38-53(61)56(4,5)6)46-33-44(58(9,10)42-21-15-12-16-22-42)34-48(36-46)63-47-29-30-50-49-23-17-18-24-51(49)62(52(50)37-47)54-35-43(31-32-59-54)57(7,8)41-19-13-11-14-20-41;/h11-35,38-39H,1-10H3;/q-3;. The predicted octanol–water partition coefficient (Wildman–Crippen LogP) is 14.9. The van der Waals surface area contributed by atoms with E-state index >= 15 is 0 Å². The van der Waals surface area contributed by atoms with Gasteiger partial charge in [0.1, 0.15) is 5.82 Å². The number of rotatable bonds is 9. The molecular weight excluding hydrogens is 964 g/mol. The molecule has 0 unspecified atom stereocenters. The first kappa shape index (κ1) is 44.7. The summed E-state index contributed by atoms with van der Waals surface area (Å²) in [6.45, 7) is 24.8. The maximum Gasteiger partial charge on any atom is 0.135 e. The number of ether oxygens (including phenoxy) is 1. The Kier molecular flexibility index (Phi) is 11.8. The van der Waals surface area contributed by atoms with Gasteiger partial charge < -0.3 is 19.1 Å². The molecule has 0 atom stereocenters. The predicted molar refractivity (Wildman–Crippen MR) is 262 cm³/mol. The first-order valence-corrected chi connectivity index (χ1v) is 22.0. The Labute approximate surface area is 394 Å². The average molecular weight is 1020 g/mol. The molecule has 0 aliphatic carbocycles. The van der Waals surface area contributed by atoms with Crippen LogP contribution in [0.15, 0.2) is 164 Å². The Morgan fingerprint density at radius 1 is 0.531 bits per heavy atom. The number of benzene rings is 6. The summed E-state index contributed by atoms with van der Waals surface area (Å²) in [7, 11) is 0. The second-order valence-corrected chi connectivity index (χ2v) is 20.0. The maximum absolute atomic E-state index is 6.91. The number of aromatic nitrogens is 2. The molecule has 1 aliphatic heterocycles. The van der Waals surface area contributed by atoms with E-state index in [0.29, 0.717) is 11.5 Å². The normalized spacial score (nSPS) is 13.6. The smallest absolute Gasteiger partial charge is 0.135 e. The number of para-hydroxylation sites is 1. The van der Waals surface area contributed by atoms with E-state index in [-0.39, 0.29) is 42.7 Å². The van der Waals surface area contributed by atoms with Crippen LogP contribution in [0.2, 0.25) is 0 Å². The molecule has 6 aromatic carbocycles. The van der Waals surface area contributed by atoms with Crippen molar-refractivity contribution in [3.05, 3.63) is 210 Å². The first-order chi connectivity index (χ1) is 30.0. The molecular formula is C58H57N4OPt-3. The van der Waals surface area contributed by atoms with Crippen LogP contribution in [-0.4, -0.2) is 9.55 Å². The Morgan fingerprint density at radius 2 is 1.16 bits per heavy atom. The Hall–Kier alpha value is -5.90. The first-order valence-electron chi connectivity index (χ1n) is 22.0. The second-order valence-electron chi connectivity index (χ2n) is 20.0. The number of allylic oxidation sites excluding steroid dienone is 1. The van der Waals surface area contributed by atoms with Crippen LogP contribution in [0.25, 0.3) is 27.6 Å². The molecule has 0 radical (unpaired) electrons. The van der Waals surface area contributed by atoms with Crippen LogP contribution in [0.5, 0.6) is 11.5 Å². The number of fused-ring (bicyclic) bond motifs is 3. The van der Waals surface area contributed by atoms with Gasteiger partial charge in [-0.15, -0.1) is 53.6 Å². The van der Waals surface area contributed by atoms with Crippen LogP contribution in [0.4, 0.5) is 11.4 Å². The monoisotopic (exact) mass is 1020 g/mol. The zero-order valence-corrected chi connectivity index (χ0v) is 40.9. The summed E-state index contributed by atoms with van der Waals surface area (Å²) in [5, 5.41) is 2.21. The minimum atomic E-state index is -0.341. The summed E-state index contributed by atoms with van der Waals surface area (Å²) >= 11 is 0. The van der Waals surface area contributed by atoms with E-state index in [0.717, 1.165) is 44.6 Å². The van der Waals surface area contributed by atoms with E-state index in [1.54, 1.807) is 0 Å². The maximum atomic E-state index is 6.91. The van der Waals surface area contributed by atoms with Crippen molar-refractivity contribution in [1.82, 2.24) is 9.55 Å². The number of nitrogens with zero attached hydrogens (tertiary/aromatic N) is 4. The molecule has 0 amide bonds. The fourth-order valence-corrected chi connectivity index (χ4v) is 8.77. The molecule has 328 valence electrons. The van der Waals surface area contributed by atoms with E-state index in [1.165, 1.54) is 28.0 Å².